The lowest BCUT2D eigenvalue weighted by molar-refractivity contribution is -0.137. The third kappa shape index (κ3) is 3.89. The van der Waals surface area contributed by atoms with Crippen molar-refractivity contribution < 1.29 is 22.7 Å². The van der Waals surface area contributed by atoms with Crippen LogP contribution >= 0.6 is 0 Å². The first-order chi connectivity index (χ1) is 11.4. The molecule has 0 saturated carbocycles. The van der Waals surface area contributed by atoms with E-state index in [2.05, 4.69) is 5.29 Å². The molecule has 5 nitrogen and oxygen atoms in total. The average Bonchev–Trinajstić information content (AvgIpc) is 2.56. The second kappa shape index (κ2) is 7.12. The lowest BCUT2D eigenvalue weighted by Gasteiger charge is -2.16. The minimum atomic E-state index is -4.46. The molecule has 2 aromatic carbocycles. The van der Waals surface area contributed by atoms with E-state index in [1.807, 2.05) is 0 Å². The van der Waals surface area contributed by atoms with Gasteiger partial charge in [-0.2, -0.15) is 18.2 Å². The number of rotatable bonds is 5. The number of carbonyl (C=O) groups excluding carboxylic acids is 1. The number of benzene rings is 2. The van der Waals surface area contributed by atoms with Crippen LogP contribution in [-0.2, 0) is 10.9 Å². The van der Waals surface area contributed by atoms with Crippen LogP contribution in [0, 0.1) is 4.91 Å². The number of hydrogen-bond acceptors (Lipinski definition) is 4. The number of nitrogens with zero attached hydrogens (tertiary/aromatic N) is 2. The molecule has 0 spiro atoms. The van der Waals surface area contributed by atoms with Crippen molar-refractivity contribution in [1.29, 1.82) is 0 Å². The number of esters is 1. The standard InChI is InChI=1S/C16H13F3N2O3/c1-2-24-15(22)11-3-7-13(8-4-11)21(20-23)14-9-5-12(6-10-14)16(17,18)19/h3-10H,2H2,1H3. The van der Waals surface area contributed by atoms with Gasteiger partial charge in [0.25, 0.3) is 0 Å². The Morgan fingerprint density at radius 3 is 1.96 bits per heavy atom. The minimum absolute atomic E-state index is 0.168. The Morgan fingerprint density at radius 2 is 1.54 bits per heavy atom. The summed E-state index contributed by atoms with van der Waals surface area (Å²) in [5.41, 5.74) is -0.0617. The number of alkyl halides is 3. The summed E-state index contributed by atoms with van der Waals surface area (Å²) in [5, 5.41) is 3.74. The van der Waals surface area contributed by atoms with E-state index < -0.39 is 17.7 Å². The second-order valence-electron chi connectivity index (χ2n) is 4.71. The van der Waals surface area contributed by atoms with E-state index in [0.717, 1.165) is 29.3 Å². The van der Waals surface area contributed by atoms with Crippen LogP contribution in [0.3, 0.4) is 0 Å². The summed E-state index contributed by atoms with van der Waals surface area (Å²) in [5.74, 6) is -0.510. The van der Waals surface area contributed by atoms with Crippen LogP contribution in [0.1, 0.15) is 22.8 Å². The van der Waals surface area contributed by atoms with E-state index in [-0.39, 0.29) is 12.3 Å². The second-order valence-corrected chi connectivity index (χ2v) is 4.71. The molecule has 0 aliphatic heterocycles. The van der Waals surface area contributed by atoms with Crippen molar-refractivity contribution in [2.24, 2.45) is 5.29 Å². The highest BCUT2D eigenvalue weighted by molar-refractivity contribution is 5.90. The first-order valence-corrected chi connectivity index (χ1v) is 6.94. The zero-order chi connectivity index (χ0) is 17.7. The number of nitroso groups, excluding NO2 is 1. The Labute approximate surface area is 135 Å². The van der Waals surface area contributed by atoms with Gasteiger partial charge in [-0.05, 0) is 55.5 Å². The van der Waals surface area contributed by atoms with Gasteiger partial charge in [-0.1, -0.05) is 0 Å². The van der Waals surface area contributed by atoms with Crippen LogP contribution in [0.4, 0.5) is 24.5 Å². The summed E-state index contributed by atoms with van der Waals surface area (Å²) in [6.07, 6.45) is -4.46. The fourth-order valence-corrected chi connectivity index (χ4v) is 1.99. The van der Waals surface area contributed by atoms with E-state index in [4.69, 9.17) is 4.74 Å². The lowest BCUT2D eigenvalue weighted by atomic mass is 10.1. The highest BCUT2D eigenvalue weighted by Crippen LogP contribution is 2.32. The highest BCUT2D eigenvalue weighted by Gasteiger charge is 2.30. The zero-order valence-corrected chi connectivity index (χ0v) is 12.6. The maximum absolute atomic E-state index is 12.6. The monoisotopic (exact) mass is 338 g/mol. The van der Waals surface area contributed by atoms with E-state index in [0.29, 0.717) is 11.3 Å². The number of ether oxygens (including phenoxy) is 1. The van der Waals surface area contributed by atoms with Crippen LogP contribution < -0.4 is 5.01 Å². The van der Waals surface area contributed by atoms with Crippen LogP contribution in [0.15, 0.2) is 53.8 Å². The van der Waals surface area contributed by atoms with Gasteiger partial charge in [0.15, 0.2) is 0 Å². The fourth-order valence-electron chi connectivity index (χ4n) is 1.99. The Kier molecular flexibility index (Phi) is 5.18. The summed E-state index contributed by atoms with van der Waals surface area (Å²) in [6.45, 7) is 1.91. The summed E-state index contributed by atoms with van der Waals surface area (Å²) >= 11 is 0. The fraction of sp³-hybridized carbons (Fsp3) is 0.188. The van der Waals surface area contributed by atoms with Crippen molar-refractivity contribution in [3.8, 4) is 0 Å². The Bertz CT molecular complexity index is 713. The van der Waals surface area contributed by atoms with Crippen LogP contribution in [0.25, 0.3) is 0 Å². The molecule has 0 radical (unpaired) electrons. The SMILES string of the molecule is CCOC(=O)c1ccc(N(N=O)c2ccc(C(F)(F)F)cc2)cc1. The molecule has 0 saturated heterocycles. The molecule has 8 heteroatoms. The van der Waals surface area contributed by atoms with Crippen molar-refractivity contribution >= 4 is 17.3 Å². The quantitative estimate of drug-likeness (QED) is 0.450. The van der Waals surface area contributed by atoms with Gasteiger partial charge in [0.2, 0.25) is 0 Å². The van der Waals surface area contributed by atoms with Gasteiger partial charge >= 0.3 is 12.1 Å². The van der Waals surface area contributed by atoms with E-state index in [1.165, 1.54) is 24.3 Å². The van der Waals surface area contributed by atoms with Crippen molar-refractivity contribution in [3.05, 3.63) is 64.6 Å². The highest BCUT2D eigenvalue weighted by atomic mass is 19.4. The molecule has 0 bridgehead atoms. The maximum Gasteiger partial charge on any atom is 0.416 e. The molecular formula is C16H13F3N2O3. The molecular weight excluding hydrogens is 325 g/mol. The zero-order valence-electron chi connectivity index (χ0n) is 12.6. The number of halogens is 3. The van der Waals surface area contributed by atoms with Gasteiger partial charge in [0.1, 0.15) is 0 Å². The van der Waals surface area contributed by atoms with Gasteiger partial charge in [-0.25, -0.2) is 4.79 Å². The molecule has 126 valence electrons. The van der Waals surface area contributed by atoms with Crippen LogP contribution in [0.2, 0.25) is 0 Å². The molecule has 2 aromatic rings. The van der Waals surface area contributed by atoms with Crippen LogP contribution in [0.5, 0.6) is 0 Å². The van der Waals surface area contributed by atoms with E-state index >= 15 is 0 Å². The molecule has 0 unspecified atom stereocenters. The number of hydrogen-bond donors (Lipinski definition) is 0. The van der Waals surface area contributed by atoms with Crippen molar-refractivity contribution in [2.45, 2.75) is 13.1 Å². The normalized spacial score (nSPS) is 11.0. The molecule has 24 heavy (non-hydrogen) atoms. The van der Waals surface area contributed by atoms with Crippen molar-refractivity contribution in [2.75, 3.05) is 11.6 Å². The molecule has 0 aromatic heterocycles. The molecule has 0 amide bonds. The van der Waals surface area contributed by atoms with E-state index in [1.54, 1.807) is 6.92 Å². The average molecular weight is 338 g/mol. The molecule has 0 N–H and O–H groups in total. The smallest absolute Gasteiger partial charge is 0.416 e. The molecule has 0 aliphatic carbocycles. The third-order valence-electron chi connectivity index (χ3n) is 3.14. The lowest BCUT2D eigenvalue weighted by Crippen LogP contribution is -2.10. The third-order valence-corrected chi connectivity index (χ3v) is 3.14. The first-order valence-electron chi connectivity index (χ1n) is 6.94. The summed E-state index contributed by atoms with van der Waals surface area (Å²) in [6, 6.07) is 9.79. The van der Waals surface area contributed by atoms with Gasteiger partial charge in [-0.3, -0.25) is 0 Å². The van der Waals surface area contributed by atoms with Gasteiger partial charge in [0, 0.05) is 0 Å². The van der Waals surface area contributed by atoms with Gasteiger partial charge in [0.05, 0.1) is 34.4 Å². The molecule has 0 fully saturated rings. The predicted octanol–water partition coefficient (Wildman–Crippen LogP) is 4.70. The summed E-state index contributed by atoms with van der Waals surface area (Å²) < 4.78 is 42.5. The Hall–Kier alpha value is -2.90. The van der Waals surface area contributed by atoms with E-state index in [9.17, 15) is 22.9 Å². The Morgan fingerprint density at radius 1 is 1.04 bits per heavy atom. The minimum Gasteiger partial charge on any atom is -0.462 e. The molecule has 2 rings (SSSR count). The predicted molar refractivity (Wildman–Crippen MR) is 81.8 cm³/mol. The molecule has 0 atom stereocenters. The topological polar surface area (TPSA) is 59.0 Å². The summed E-state index contributed by atoms with van der Waals surface area (Å²) in [7, 11) is 0. The molecule has 0 heterocycles. The number of carbonyl (C=O) groups is 1. The largest absolute Gasteiger partial charge is 0.462 e. The van der Waals surface area contributed by atoms with Crippen molar-refractivity contribution in [1.82, 2.24) is 0 Å². The van der Waals surface area contributed by atoms with Crippen LogP contribution in [-0.4, -0.2) is 12.6 Å². The van der Waals surface area contributed by atoms with Crippen molar-refractivity contribution in [3.63, 3.8) is 0 Å². The summed E-state index contributed by atoms with van der Waals surface area (Å²) in [4.78, 5) is 22.6. The Balaban J connectivity index is 2.25. The molecule has 0 aliphatic rings. The van der Waals surface area contributed by atoms with Gasteiger partial charge in [-0.15, -0.1) is 4.91 Å². The first kappa shape index (κ1) is 17.5. The van der Waals surface area contributed by atoms with Gasteiger partial charge < -0.3 is 4.74 Å². The number of anilines is 2. The maximum atomic E-state index is 12.6.